The Bertz CT molecular complexity index is 546. The summed E-state index contributed by atoms with van der Waals surface area (Å²) in [5.41, 5.74) is 1.95. The van der Waals surface area contributed by atoms with Gasteiger partial charge in [0.1, 0.15) is 11.6 Å². The van der Waals surface area contributed by atoms with Gasteiger partial charge in [0.25, 0.3) is 0 Å². The Morgan fingerprint density at radius 2 is 2.11 bits per heavy atom. The predicted molar refractivity (Wildman–Crippen MR) is 71.1 cm³/mol. The zero-order chi connectivity index (χ0) is 13.7. The first-order valence-electron chi connectivity index (χ1n) is 6.09. The van der Waals surface area contributed by atoms with Gasteiger partial charge in [-0.1, -0.05) is 0 Å². The average molecular weight is 260 g/mol. The van der Waals surface area contributed by atoms with Gasteiger partial charge in [0.05, 0.1) is 19.0 Å². The Kier molecular flexibility index (Phi) is 4.18. The monoisotopic (exact) mass is 260 g/mol. The Morgan fingerprint density at radius 1 is 1.37 bits per heavy atom. The molecule has 0 atom stereocenters. The molecule has 0 saturated carbocycles. The number of carbonyl (C=O) groups is 1. The summed E-state index contributed by atoms with van der Waals surface area (Å²) in [6.45, 7) is 0. The van der Waals surface area contributed by atoms with Crippen LogP contribution in [0.15, 0.2) is 30.5 Å². The van der Waals surface area contributed by atoms with Gasteiger partial charge in [-0.15, -0.1) is 0 Å². The maximum absolute atomic E-state index is 10.4. The summed E-state index contributed by atoms with van der Waals surface area (Å²) in [5, 5.41) is 8.58. The molecular formula is C14H16N2O3. The van der Waals surface area contributed by atoms with E-state index in [0.717, 1.165) is 22.8 Å². The summed E-state index contributed by atoms with van der Waals surface area (Å²) in [6, 6.07) is 7.68. The zero-order valence-electron chi connectivity index (χ0n) is 10.7. The molecule has 5 nitrogen and oxygen atoms in total. The number of imidazole rings is 1. The third-order valence-electron chi connectivity index (χ3n) is 2.83. The van der Waals surface area contributed by atoms with Crippen LogP contribution < -0.4 is 4.74 Å². The molecule has 0 amide bonds. The molecule has 2 rings (SSSR count). The number of hydrogen-bond donors (Lipinski definition) is 2. The lowest BCUT2D eigenvalue weighted by Gasteiger charge is -2.01. The van der Waals surface area contributed by atoms with Gasteiger partial charge in [0.15, 0.2) is 0 Å². The number of rotatable bonds is 6. The van der Waals surface area contributed by atoms with Crippen molar-refractivity contribution in [3.8, 4) is 17.0 Å². The molecule has 0 bridgehead atoms. The molecular weight excluding hydrogens is 244 g/mol. The number of aromatic amines is 1. The molecule has 1 heterocycles. The molecule has 2 N–H and O–H groups in total. The van der Waals surface area contributed by atoms with Crippen molar-refractivity contribution in [1.82, 2.24) is 9.97 Å². The zero-order valence-corrected chi connectivity index (χ0v) is 10.7. The normalized spacial score (nSPS) is 10.4. The number of carboxylic acids is 1. The molecule has 1 aromatic heterocycles. The van der Waals surface area contributed by atoms with Crippen LogP contribution in [0, 0.1) is 0 Å². The molecule has 0 aliphatic heterocycles. The van der Waals surface area contributed by atoms with Gasteiger partial charge in [-0.25, -0.2) is 4.98 Å². The molecule has 0 aliphatic carbocycles. The highest BCUT2D eigenvalue weighted by Crippen LogP contribution is 2.20. The number of aryl methyl sites for hydroxylation is 1. The van der Waals surface area contributed by atoms with E-state index in [4.69, 9.17) is 9.84 Å². The quantitative estimate of drug-likeness (QED) is 0.836. The van der Waals surface area contributed by atoms with Crippen LogP contribution in [0.3, 0.4) is 0 Å². The maximum Gasteiger partial charge on any atom is 0.303 e. The first kappa shape index (κ1) is 13.1. The third kappa shape index (κ3) is 3.58. The number of nitrogens with zero attached hydrogens (tertiary/aromatic N) is 1. The van der Waals surface area contributed by atoms with E-state index < -0.39 is 5.97 Å². The highest BCUT2D eigenvalue weighted by Gasteiger charge is 2.04. The highest BCUT2D eigenvalue weighted by molar-refractivity contribution is 5.66. The number of aliphatic carboxylic acids is 1. The van der Waals surface area contributed by atoms with E-state index in [2.05, 4.69) is 9.97 Å². The van der Waals surface area contributed by atoms with Gasteiger partial charge in [-0.2, -0.15) is 0 Å². The fraction of sp³-hybridized carbons (Fsp3) is 0.286. The fourth-order valence-electron chi connectivity index (χ4n) is 1.81. The smallest absolute Gasteiger partial charge is 0.303 e. The molecule has 0 spiro atoms. The van der Waals surface area contributed by atoms with Gasteiger partial charge in [0.2, 0.25) is 0 Å². The van der Waals surface area contributed by atoms with E-state index in [1.165, 1.54) is 0 Å². The van der Waals surface area contributed by atoms with Crippen LogP contribution >= 0.6 is 0 Å². The van der Waals surface area contributed by atoms with E-state index >= 15 is 0 Å². The largest absolute Gasteiger partial charge is 0.497 e. The number of benzene rings is 1. The van der Waals surface area contributed by atoms with Gasteiger partial charge in [0, 0.05) is 12.8 Å². The summed E-state index contributed by atoms with van der Waals surface area (Å²) in [7, 11) is 1.63. The van der Waals surface area contributed by atoms with E-state index in [-0.39, 0.29) is 6.42 Å². The topological polar surface area (TPSA) is 75.2 Å². The number of methoxy groups -OCH3 is 1. The van der Waals surface area contributed by atoms with Crippen LogP contribution in [0.4, 0.5) is 0 Å². The molecule has 19 heavy (non-hydrogen) atoms. The lowest BCUT2D eigenvalue weighted by Crippen LogP contribution is -1.96. The lowest BCUT2D eigenvalue weighted by atomic mass is 10.1. The molecule has 5 heteroatoms. The summed E-state index contributed by atoms with van der Waals surface area (Å²) in [4.78, 5) is 17.9. The van der Waals surface area contributed by atoms with Gasteiger partial charge in [-0.05, 0) is 36.2 Å². The van der Waals surface area contributed by atoms with Crippen LogP contribution in [-0.2, 0) is 11.2 Å². The Morgan fingerprint density at radius 3 is 2.74 bits per heavy atom. The van der Waals surface area contributed by atoms with Crippen molar-refractivity contribution < 1.29 is 14.6 Å². The molecule has 0 saturated heterocycles. The molecule has 100 valence electrons. The number of aromatic nitrogens is 2. The van der Waals surface area contributed by atoms with Crippen molar-refractivity contribution in [3.05, 3.63) is 36.3 Å². The van der Waals surface area contributed by atoms with Gasteiger partial charge >= 0.3 is 5.97 Å². The predicted octanol–water partition coefficient (Wildman–Crippen LogP) is 2.49. The number of carboxylic acid groups (broad SMARTS) is 1. The van der Waals surface area contributed by atoms with E-state index in [1.807, 2.05) is 24.3 Å². The first-order valence-corrected chi connectivity index (χ1v) is 6.09. The van der Waals surface area contributed by atoms with Crippen LogP contribution in [0.2, 0.25) is 0 Å². The third-order valence-corrected chi connectivity index (χ3v) is 2.83. The molecule has 0 fully saturated rings. The molecule has 0 aliphatic rings. The Hall–Kier alpha value is -2.30. The minimum atomic E-state index is -0.776. The van der Waals surface area contributed by atoms with Crippen molar-refractivity contribution in [3.63, 3.8) is 0 Å². The molecule has 1 aromatic carbocycles. The second-order valence-corrected chi connectivity index (χ2v) is 4.22. The fourth-order valence-corrected chi connectivity index (χ4v) is 1.81. The van der Waals surface area contributed by atoms with Crippen LogP contribution in [-0.4, -0.2) is 28.2 Å². The number of H-pyrrole nitrogens is 1. The Balaban J connectivity index is 2.01. The van der Waals surface area contributed by atoms with E-state index in [0.29, 0.717) is 12.8 Å². The van der Waals surface area contributed by atoms with E-state index in [1.54, 1.807) is 13.3 Å². The Labute approximate surface area is 111 Å². The van der Waals surface area contributed by atoms with Crippen molar-refractivity contribution in [2.24, 2.45) is 0 Å². The number of hydrogen-bond acceptors (Lipinski definition) is 3. The van der Waals surface area contributed by atoms with Crippen molar-refractivity contribution in [1.29, 1.82) is 0 Å². The van der Waals surface area contributed by atoms with Gasteiger partial charge in [-0.3, -0.25) is 4.79 Å². The maximum atomic E-state index is 10.4. The van der Waals surface area contributed by atoms with Gasteiger partial charge < -0.3 is 14.8 Å². The second kappa shape index (κ2) is 6.04. The SMILES string of the molecule is COc1ccc(-c2cnc(CCCC(=O)O)[nH]2)cc1. The van der Waals surface area contributed by atoms with Crippen molar-refractivity contribution >= 4 is 5.97 Å². The second-order valence-electron chi connectivity index (χ2n) is 4.22. The van der Waals surface area contributed by atoms with Crippen LogP contribution in [0.5, 0.6) is 5.75 Å². The lowest BCUT2D eigenvalue weighted by molar-refractivity contribution is -0.137. The number of ether oxygens (including phenoxy) is 1. The minimum absolute atomic E-state index is 0.165. The van der Waals surface area contributed by atoms with Crippen LogP contribution in [0.1, 0.15) is 18.7 Å². The first-order chi connectivity index (χ1) is 9.19. The number of nitrogens with one attached hydrogen (secondary N) is 1. The highest BCUT2D eigenvalue weighted by atomic mass is 16.5. The molecule has 0 unspecified atom stereocenters. The van der Waals surface area contributed by atoms with E-state index in [9.17, 15) is 4.79 Å². The van der Waals surface area contributed by atoms with Crippen molar-refractivity contribution in [2.45, 2.75) is 19.3 Å². The van der Waals surface area contributed by atoms with Crippen LogP contribution in [0.25, 0.3) is 11.3 Å². The molecule has 2 aromatic rings. The minimum Gasteiger partial charge on any atom is -0.497 e. The summed E-state index contributed by atoms with van der Waals surface area (Å²) in [6.07, 6.45) is 3.16. The summed E-state index contributed by atoms with van der Waals surface area (Å²) < 4.78 is 5.10. The average Bonchev–Trinajstić information content (AvgIpc) is 2.87. The van der Waals surface area contributed by atoms with Crippen molar-refractivity contribution in [2.75, 3.05) is 7.11 Å². The summed E-state index contributed by atoms with van der Waals surface area (Å²) >= 11 is 0. The standard InChI is InChI=1S/C14H16N2O3/c1-19-11-7-5-10(6-8-11)12-9-15-13(16-12)3-2-4-14(17)18/h5-9H,2-4H2,1H3,(H,15,16)(H,17,18). The summed E-state index contributed by atoms with van der Waals surface area (Å²) in [5.74, 6) is 0.846. The molecule has 0 radical (unpaired) electrons.